The lowest BCUT2D eigenvalue weighted by Crippen LogP contribution is -2.23. The predicted octanol–water partition coefficient (Wildman–Crippen LogP) is 4.31. The molecule has 6 aromatic rings. The minimum atomic E-state index is -0.917. The van der Waals surface area contributed by atoms with Gasteiger partial charge in [0.15, 0.2) is 0 Å². The second kappa shape index (κ2) is 15.5. The van der Waals surface area contributed by atoms with Crippen LogP contribution in [0.4, 0.5) is 8.78 Å². The first-order chi connectivity index (χ1) is 23.2. The molecule has 2 aromatic carbocycles. The zero-order valence-corrected chi connectivity index (χ0v) is 27.6. The first-order valence-corrected chi connectivity index (χ1v) is 15.4. The number of hydrogen-bond donors (Lipinski definition) is 6. The van der Waals surface area contributed by atoms with E-state index in [1.165, 1.54) is 33.3 Å². The third kappa shape index (κ3) is 9.16. The number of nitrogens with one attached hydrogen (secondary N) is 2. The monoisotopic (exact) mass is 678 g/mol. The largest absolute Gasteiger partial charge is 0.394 e. The van der Waals surface area contributed by atoms with Crippen LogP contribution >= 0.6 is 0 Å². The highest BCUT2D eigenvalue weighted by atomic mass is 19.1. The molecule has 0 unspecified atom stereocenters. The highest BCUT2D eigenvalue weighted by Crippen LogP contribution is 2.27. The molecule has 0 radical (unpaired) electrons. The van der Waals surface area contributed by atoms with Gasteiger partial charge in [-0.1, -0.05) is 48.5 Å². The van der Waals surface area contributed by atoms with Gasteiger partial charge in [0.2, 0.25) is 0 Å². The summed E-state index contributed by atoms with van der Waals surface area (Å²) in [5, 5.41) is 34.1. The number of ether oxygens (including phenoxy) is 1. The minimum absolute atomic E-state index is 0.0316. The van der Waals surface area contributed by atoms with Crippen molar-refractivity contribution in [1.82, 2.24) is 18.8 Å². The average molecular weight is 679 g/mol. The fraction of sp³-hybridized carbons (Fsp3) is 0.278. The molecule has 0 aliphatic rings. The van der Waals surface area contributed by atoms with Gasteiger partial charge in [0.25, 0.3) is 11.1 Å². The van der Waals surface area contributed by atoms with Gasteiger partial charge in [-0.2, -0.15) is 0 Å². The maximum Gasteiger partial charge on any atom is 0.272 e. The molecule has 6 rings (SSSR count). The summed E-state index contributed by atoms with van der Waals surface area (Å²) in [5.41, 5.74) is 2.93. The first-order valence-electron chi connectivity index (χ1n) is 15.4. The minimum Gasteiger partial charge on any atom is -0.394 e. The Morgan fingerprint density at radius 3 is 1.43 bits per heavy atom. The summed E-state index contributed by atoms with van der Waals surface area (Å²) < 4.78 is 35.1. The highest BCUT2D eigenvalue weighted by molar-refractivity contribution is 5.62. The summed E-state index contributed by atoms with van der Waals surface area (Å²) in [4.78, 5) is 29.5. The maximum atomic E-state index is 13.3. The summed E-state index contributed by atoms with van der Waals surface area (Å²) in [5.74, 6) is -0.897. The van der Waals surface area contributed by atoms with Crippen molar-refractivity contribution in [3.05, 3.63) is 129 Å². The van der Waals surface area contributed by atoms with Gasteiger partial charge < -0.3 is 43.9 Å². The highest BCUT2D eigenvalue weighted by Gasteiger charge is 2.21. The summed E-state index contributed by atoms with van der Waals surface area (Å²) >= 11 is 0. The van der Waals surface area contributed by atoms with E-state index >= 15 is 0 Å². The molecule has 6 N–H and O–H groups in total. The molecule has 0 fully saturated rings. The molecule has 0 aliphatic carbocycles. The predicted molar refractivity (Wildman–Crippen MR) is 182 cm³/mol. The van der Waals surface area contributed by atoms with E-state index < -0.39 is 22.8 Å². The Balaban J connectivity index is 0.000000201. The summed E-state index contributed by atoms with van der Waals surface area (Å²) in [6.07, 6.45) is 5.88. The van der Waals surface area contributed by atoms with Crippen molar-refractivity contribution in [3.8, 4) is 22.5 Å². The topological polar surface area (TPSA) is 165 Å². The number of fused-ring (bicyclic) bond motifs is 2. The van der Waals surface area contributed by atoms with E-state index in [1.54, 1.807) is 38.4 Å². The van der Waals surface area contributed by atoms with Crippen molar-refractivity contribution in [2.75, 3.05) is 26.4 Å². The number of hydrogen-bond acceptors (Lipinski definition) is 7. The molecule has 0 saturated carbocycles. The first kappa shape index (κ1) is 36.9. The van der Waals surface area contributed by atoms with Gasteiger partial charge in [0, 0.05) is 36.9 Å². The molecule has 4 aromatic heterocycles. The van der Waals surface area contributed by atoms with Crippen LogP contribution in [0, 0.1) is 11.6 Å². The standard InChI is InChI=1S/C18H19FN2O3.C16H15FN2O2.C2H6O2/c1-18(2,24-8-7-22)13-5-3-12(4-6-13)15-11-21-10-14(19)9-16(21)17(23)20-15;1-16(2,21)11-5-3-10(4-6-11)13-9-19-8-12(17)7-14(19)15(20)18-13;3-1-2-4/h3-6,9-11,22H,7-8H2,1-2H3,(H,20,23);3-9,21H,1-2H3,(H,18,20);3-4H,1-2H2. The number of aliphatic hydroxyl groups excluding tert-OH is 3. The van der Waals surface area contributed by atoms with Crippen LogP contribution < -0.4 is 11.1 Å². The third-order valence-corrected chi connectivity index (χ3v) is 7.58. The van der Waals surface area contributed by atoms with Crippen LogP contribution in [0.25, 0.3) is 33.5 Å². The molecule has 0 spiro atoms. The van der Waals surface area contributed by atoms with E-state index in [0.29, 0.717) is 11.4 Å². The van der Waals surface area contributed by atoms with Crippen molar-refractivity contribution >= 4 is 11.0 Å². The quantitative estimate of drug-likeness (QED) is 0.140. The number of rotatable bonds is 8. The number of benzene rings is 2. The van der Waals surface area contributed by atoms with Gasteiger partial charge in [-0.3, -0.25) is 9.59 Å². The van der Waals surface area contributed by atoms with Crippen LogP contribution in [0.5, 0.6) is 0 Å². The van der Waals surface area contributed by atoms with Gasteiger partial charge in [0.05, 0.1) is 49.0 Å². The van der Waals surface area contributed by atoms with Crippen LogP contribution in [-0.4, -0.2) is 65.6 Å². The van der Waals surface area contributed by atoms with Gasteiger partial charge in [-0.25, -0.2) is 8.78 Å². The molecule has 4 heterocycles. The average Bonchev–Trinajstić information content (AvgIpc) is 3.65. The Hall–Kier alpha value is -4.92. The smallest absolute Gasteiger partial charge is 0.272 e. The van der Waals surface area contributed by atoms with Crippen molar-refractivity contribution in [2.24, 2.45) is 0 Å². The number of aliphatic hydroxyl groups is 4. The molecule has 0 atom stereocenters. The molecule has 49 heavy (non-hydrogen) atoms. The molecule has 11 nitrogen and oxygen atoms in total. The lowest BCUT2D eigenvalue weighted by molar-refractivity contribution is -0.0369. The number of aromatic nitrogens is 4. The molecule has 0 bridgehead atoms. The van der Waals surface area contributed by atoms with Gasteiger partial charge in [0.1, 0.15) is 22.7 Å². The van der Waals surface area contributed by atoms with Crippen LogP contribution in [0.1, 0.15) is 38.8 Å². The van der Waals surface area contributed by atoms with Gasteiger partial charge in [-0.05, 0) is 49.9 Å². The lowest BCUT2D eigenvalue weighted by atomic mass is 9.96. The number of H-pyrrole nitrogens is 2. The SMILES string of the molecule is CC(C)(O)c1ccc(-c2cn3cc(F)cc3c(=O)[nH]2)cc1.CC(C)(OCCO)c1ccc(-c2cn3cc(F)cc3c(=O)[nH]2)cc1.OCCO. The fourth-order valence-electron chi connectivity index (χ4n) is 4.97. The second-order valence-electron chi connectivity index (χ2n) is 12.1. The molecule has 0 aliphatic heterocycles. The van der Waals surface area contributed by atoms with E-state index in [4.69, 9.17) is 20.1 Å². The molecular formula is C36H40F2N4O7. The van der Waals surface area contributed by atoms with Crippen LogP contribution in [0.15, 0.2) is 95.0 Å². The zero-order chi connectivity index (χ0) is 35.9. The van der Waals surface area contributed by atoms with Gasteiger partial charge in [-0.15, -0.1) is 0 Å². The van der Waals surface area contributed by atoms with E-state index in [2.05, 4.69) is 9.97 Å². The van der Waals surface area contributed by atoms with Crippen LogP contribution in [-0.2, 0) is 15.9 Å². The zero-order valence-electron chi connectivity index (χ0n) is 27.6. The normalized spacial score (nSPS) is 11.6. The second-order valence-corrected chi connectivity index (χ2v) is 12.1. The summed E-state index contributed by atoms with van der Waals surface area (Å²) in [6.45, 7) is 7.24. The maximum absolute atomic E-state index is 13.3. The fourth-order valence-corrected chi connectivity index (χ4v) is 4.97. The van der Waals surface area contributed by atoms with Crippen molar-refractivity contribution < 1.29 is 33.9 Å². The van der Waals surface area contributed by atoms with Gasteiger partial charge >= 0.3 is 0 Å². The number of nitrogens with zero attached hydrogens (tertiary/aromatic N) is 2. The summed E-state index contributed by atoms with van der Waals surface area (Å²) in [7, 11) is 0. The Bertz CT molecular complexity index is 2110. The Kier molecular flexibility index (Phi) is 11.7. The Labute approximate surface area is 280 Å². The molecule has 13 heteroatoms. The molecular weight excluding hydrogens is 638 g/mol. The lowest BCUT2D eigenvalue weighted by Gasteiger charge is -2.25. The van der Waals surface area contributed by atoms with Crippen molar-refractivity contribution in [1.29, 1.82) is 0 Å². The molecule has 260 valence electrons. The van der Waals surface area contributed by atoms with Crippen LogP contribution in [0.2, 0.25) is 0 Å². The van der Waals surface area contributed by atoms with E-state index in [1.807, 2.05) is 50.2 Å². The van der Waals surface area contributed by atoms with E-state index in [-0.39, 0.29) is 48.6 Å². The van der Waals surface area contributed by atoms with E-state index in [9.17, 15) is 23.5 Å². The number of halogens is 2. The molecule has 0 amide bonds. The Morgan fingerprint density at radius 1 is 0.653 bits per heavy atom. The summed E-state index contributed by atoms with van der Waals surface area (Å²) in [6, 6.07) is 17.2. The van der Waals surface area contributed by atoms with Crippen LogP contribution in [0.3, 0.4) is 0 Å². The van der Waals surface area contributed by atoms with E-state index in [0.717, 1.165) is 22.3 Å². The third-order valence-electron chi connectivity index (χ3n) is 7.58. The van der Waals surface area contributed by atoms with Crippen molar-refractivity contribution in [3.63, 3.8) is 0 Å². The number of aromatic amines is 2. The Morgan fingerprint density at radius 2 is 1.06 bits per heavy atom. The molecule has 0 saturated heterocycles. The van der Waals surface area contributed by atoms with Crippen molar-refractivity contribution in [2.45, 2.75) is 38.9 Å².